The van der Waals surface area contributed by atoms with E-state index in [1.807, 2.05) is 0 Å². The molecule has 0 spiro atoms. The van der Waals surface area contributed by atoms with E-state index in [0.717, 1.165) is 0 Å². The molecular formula is C11H18. The molecule has 0 aromatic carbocycles. The molecular weight excluding hydrogens is 132 g/mol. The van der Waals surface area contributed by atoms with Crippen LogP contribution in [0.3, 0.4) is 0 Å². The van der Waals surface area contributed by atoms with Crippen LogP contribution >= 0.6 is 0 Å². The summed E-state index contributed by atoms with van der Waals surface area (Å²) in [5.41, 5.74) is 3.38. The lowest BCUT2D eigenvalue weighted by molar-refractivity contribution is 0.400. The van der Waals surface area contributed by atoms with E-state index in [9.17, 15) is 0 Å². The summed E-state index contributed by atoms with van der Waals surface area (Å²) in [5, 5.41) is 0. The van der Waals surface area contributed by atoms with Gasteiger partial charge in [-0.25, -0.2) is 0 Å². The normalized spacial score (nSPS) is 31.3. The molecule has 0 nitrogen and oxygen atoms in total. The number of hydrogen-bond donors (Lipinski definition) is 0. The molecule has 0 N–H and O–H groups in total. The second kappa shape index (κ2) is 2.84. The third-order valence-electron chi connectivity index (χ3n) is 2.54. The van der Waals surface area contributed by atoms with Crippen LogP contribution in [-0.4, -0.2) is 0 Å². The summed E-state index contributed by atoms with van der Waals surface area (Å²) < 4.78 is 0. The summed E-state index contributed by atoms with van der Waals surface area (Å²) in [6.45, 7) is 9.02. The van der Waals surface area contributed by atoms with Crippen molar-refractivity contribution < 1.29 is 0 Å². The van der Waals surface area contributed by atoms with Crippen LogP contribution in [0.15, 0.2) is 23.3 Å². The van der Waals surface area contributed by atoms with E-state index in [2.05, 4.69) is 39.8 Å². The van der Waals surface area contributed by atoms with E-state index < -0.39 is 0 Å². The van der Waals surface area contributed by atoms with Gasteiger partial charge in [0.15, 0.2) is 0 Å². The monoisotopic (exact) mass is 150 g/mol. The molecule has 1 aliphatic rings. The van der Waals surface area contributed by atoms with Crippen LogP contribution in [0.4, 0.5) is 0 Å². The van der Waals surface area contributed by atoms with Crippen molar-refractivity contribution in [1.29, 1.82) is 0 Å². The summed E-state index contributed by atoms with van der Waals surface area (Å²) >= 11 is 0. The minimum absolute atomic E-state index is 0.433. The Morgan fingerprint density at radius 2 is 2.09 bits per heavy atom. The molecule has 0 heterocycles. The Balaban J connectivity index is 2.86. The molecule has 0 saturated carbocycles. The van der Waals surface area contributed by atoms with Gasteiger partial charge >= 0.3 is 0 Å². The molecule has 1 aliphatic carbocycles. The smallest absolute Gasteiger partial charge is 0.0106 e. The first kappa shape index (κ1) is 8.58. The Kier molecular flexibility index (Phi) is 2.22. The van der Waals surface area contributed by atoms with Gasteiger partial charge in [-0.1, -0.05) is 37.1 Å². The molecule has 0 heteroatoms. The second-order valence-corrected chi connectivity index (χ2v) is 4.06. The van der Waals surface area contributed by atoms with Gasteiger partial charge in [-0.05, 0) is 32.1 Å². The van der Waals surface area contributed by atoms with Crippen LogP contribution in [0.2, 0.25) is 0 Å². The molecule has 0 aromatic heterocycles. The molecule has 0 saturated heterocycles. The van der Waals surface area contributed by atoms with Gasteiger partial charge in [-0.15, -0.1) is 0 Å². The van der Waals surface area contributed by atoms with Crippen LogP contribution in [0.25, 0.3) is 0 Å². The fraction of sp³-hybridized carbons (Fsp3) is 0.636. The minimum atomic E-state index is 0.433. The van der Waals surface area contributed by atoms with Crippen molar-refractivity contribution in [2.75, 3.05) is 0 Å². The average Bonchev–Trinajstić information content (AvgIpc) is 1.84. The topological polar surface area (TPSA) is 0 Å². The fourth-order valence-electron chi connectivity index (χ4n) is 1.95. The highest BCUT2D eigenvalue weighted by molar-refractivity contribution is 5.29. The van der Waals surface area contributed by atoms with Crippen LogP contribution in [0, 0.1) is 5.41 Å². The Labute approximate surface area is 70.0 Å². The van der Waals surface area contributed by atoms with Gasteiger partial charge in [0.25, 0.3) is 0 Å². The van der Waals surface area contributed by atoms with Crippen molar-refractivity contribution in [3.63, 3.8) is 0 Å². The zero-order valence-corrected chi connectivity index (χ0v) is 8.07. The van der Waals surface area contributed by atoms with Crippen LogP contribution in [0.5, 0.6) is 0 Å². The van der Waals surface area contributed by atoms with Crippen molar-refractivity contribution in [2.24, 2.45) is 5.41 Å². The molecule has 11 heavy (non-hydrogen) atoms. The van der Waals surface area contributed by atoms with E-state index in [4.69, 9.17) is 0 Å². The first-order chi connectivity index (χ1) is 5.06. The average molecular weight is 150 g/mol. The summed E-state index contributed by atoms with van der Waals surface area (Å²) in [4.78, 5) is 0. The highest BCUT2D eigenvalue weighted by atomic mass is 14.3. The second-order valence-electron chi connectivity index (χ2n) is 4.06. The van der Waals surface area contributed by atoms with Gasteiger partial charge in [-0.3, -0.25) is 0 Å². The molecule has 62 valence electrons. The van der Waals surface area contributed by atoms with Gasteiger partial charge < -0.3 is 0 Å². The third-order valence-corrected chi connectivity index (χ3v) is 2.54. The zero-order valence-electron chi connectivity index (χ0n) is 8.07. The predicted molar refractivity (Wildman–Crippen MR) is 50.5 cm³/mol. The molecule has 0 fully saturated rings. The number of allylic oxidation sites excluding steroid dienone is 4. The lowest BCUT2D eigenvalue weighted by Gasteiger charge is -2.28. The molecule has 0 bridgehead atoms. The SMILES string of the molecule is CC[C@@]1(C)C=C(C)C=C(C)C1. The van der Waals surface area contributed by atoms with Gasteiger partial charge in [0.1, 0.15) is 0 Å². The van der Waals surface area contributed by atoms with Crippen LogP contribution in [-0.2, 0) is 0 Å². The maximum Gasteiger partial charge on any atom is -0.0106 e. The van der Waals surface area contributed by atoms with Crippen LogP contribution in [0.1, 0.15) is 40.5 Å². The highest BCUT2D eigenvalue weighted by Gasteiger charge is 2.21. The lowest BCUT2D eigenvalue weighted by atomic mass is 9.77. The van der Waals surface area contributed by atoms with E-state index in [1.54, 1.807) is 0 Å². The fourth-order valence-corrected chi connectivity index (χ4v) is 1.95. The third kappa shape index (κ3) is 1.95. The maximum absolute atomic E-state index is 2.40. The molecule has 0 aromatic rings. The first-order valence-electron chi connectivity index (χ1n) is 4.42. The maximum atomic E-state index is 2.40. The number of hydrogen-bond acceptors (Lipinski definition) is 0. The van der Waals surface area contributed by atoms with Crippen molar-refractivity contribution >= 4 is 0 Å². The van der Waals surface area contributed by atoms with Crippen molar-refractivity contribution in [3.8, 4) is 0 Å². The van der Waals surface area contributed by atoms with Gasteiger partial charge in [-0.2, -0.15) is 0 Å². The molecule has 0 aliphatic heterocycles. The van der Waals surface area contributed by atoms with E-state index in [-0.39, 0.29) is 0 Å². The van der Waals surface area contributed by atoms with E-state index >= 15 is 0 Å². The molecule has 0 unspecified atom stereocenters. The van der Waals surface area contributed by atoms with E-state index in [1.165, 1.54) is 24.0 Å². The van der Waals surface area contributed by atoms with Gasteiger partial charge in [0.05, 0.1) is 0 Å². The van der Waals surface area contributed by atoms with Gasteiger partial charge in [0, 0.05) is 0 Å². The van der Waals surface area contributed by atoms with Crippen molar-refractivity contribution in [1.82, 2.24) is 0 Å². The van der Waals surface area contributed by atoms with E-state index in [0.29, 0.717) is 5.41 Å². The summed E-state index contributed by atoms with van der Waals surface area (Å²) in [6, 6.07) is 0. The predicted octanol–water partition coefficient (Wildman–Crippen LogP) is 3.70. The Hall–Kier alpha value is -0.520. The molecule has 0 amide bonds. The largest absolute Gasteiger partial charge is 0.0753 e. The summed E-state index contributed by atoms with van der Waals surface area (Å²) in [7, 11) is 0. The quantitative estimate of drug-likeness (QED) is 0.534. The van der Waals surface area contributed by atoms with Crippen molar-refractivity contribution in [2.45, 2.75) is 40.5 Å². The zero-order chi connectivity index (χ0) is 8.48. The Morgan fingerprint density at radius 3 is 2.55 bits per heavy atom. The molecule has 1 atom stereocenters. The summed E-state index contributed by atoms with van der Waals surface area (Å²) in [5.74, 6) is 0. The lowest BCUT2D eigenvalue weighted by Crippen LogP contribution is -2.15. The molecule has 0 radical (unpaired) electrons. The molecule has 1 rings (SSSR count). The van der Waals surface area contributed by atoms with Crippen LogP contribution < -0.4 is 0 Å². The summed E-state index contributed by atoms with van der Waals surface area (Å²) in [6.07, 6.45) is 7.17. The highest BCUT2D eigenvalue weighted by Crippen LogP contribution is 2.35. The first-order valence-corrected chi connectivity index (χ1v) is 4.42. The minimum Gasteiger partial charge on any atom is -0.0753 e. The Morgan fingerprint density at radius 1 is 1.45 bits per heavy atom. The standard InChI is InChI=1S/C11H18/c1-5-11(4)7-9(2)6-10(3)8-11/h6-7H,5,8H2,1-4H3/t11-/m0/s1. The number of rotatable bonds is 1. The Bertz CT molecular complexity index is 208. The van der Waals surface area contributed by atoms with Gasteiger partial charge in [0.2, 0.25) is 0 Å². The van der Waals surface area contributed by atoms with Crippen molar-refractivity contribution in [3.05, 3.63) is 23.3 Å².